The van der Waals surface area contributed by atoms with Gasteiger partial charge in [0.05, 0.1) is 12.3 Å². The molecule has 0 amide bonds. The van der Waals surface area contributed by atoms with Gasteiger partial charge in [0.2, 0.25) is 0 Å². The minimum atomic E-state index is -0.383. The van der Waals surface area contributed by atoms with Gasteiger partial charge in [-0.05, 0) is 0 Å². The third-order valence-electron chi connectivity index (χ3n) is 2.38. The van der Waals surface area contributed by atoms with Gasteiger partial charge in [0.1, 0.15) is 6.10 Å². The summed E-state index contributed by atoms with van der Waals surface area (Å²) in [6, 6.07) is 0. The molecule has 1 fully saturated rings. The molecule has 0 aromatic heterocycles. The molecule has 0 N–H and O–H groups in total. The predicted molar refractivity (Wildman–Crippen MR) is 50.6 cm³/mol. The van der Waals surface area contributed by atoms with E-state index in [1.165, 1.54) is 0 Å². The molecule has 0 aromatic carbocycles. The van der Waals surface area contributed by atoms with Gasteiger partial charge in [0, 0.05) is 20.6 Å². The average Bonchev–Trinajstić information content (AvgIpc) is 2.50. The molecule has 1 saturated heterocycles. The highest BCUT2D eigenvalue weighted by Crippen LogP contribution is 2.29. The summed E-state index contributed by atoms with van der Waals surface area (Å²) in [5.74, 6) is -0.226. The number of hydrogen-bond acceptors (Lipinski definition) is 4. The number of cyclic esters (lactones) is 1. The Morgan fingerprint density at radius 2 is 2.29 bits per heavy atom. The summed E-state index contributed by atoms with van der Waals surface area (Å²) < 4.78 is 15.4. The molecule has 1 rings (SSSR count). The lowest BCUT2D eigenvalue weighted by Crippen LogP contribution is -2.31. The molecule has 0 aromatic rings. The zero-order chi connectivity index (χ0) is 10.6. The Hall–Kier alpha value is -0.870. The Balaban J connectivity index is 2.63. The van der Waals surface area contributed by atoms with Crippen LogP contribution in [0.15, 0.2) is 12.7 Å². The lowest BCUT2D eigenvalue weighted by molar-refractivity contribution is -0.150. The molecular weight excluding hydrogens is 184 g/mol. The quantitative estimate of drug-likeness (QED) is 0.379. The van der Waals surface area contributed by atoms with E-state index >= 15 is 0 Å². The average molecular weight is 200 g/mol. The number of hydrogen-bond donors (Lipinski definition) is 0. The number of carbonyl (C=O) groups is 1. The lowest BCUT2D eigenvalue weighted by atomic mass is 9.98. The van der Waals surface area contributed by atoms with Crippen molar-refractivity contribution in [2.75, 3.05) is 14.2 Å². The number of carbonyl (C=O) groups excluding carboxylic acids is 1. The first-order valence-corrected chi connectivity index (χ1v) is 4.59. The van der Waals surface area contributed by atoms with Gasteiger partial charge < -0.3 is 14.2 Å². The Labute approximate surface area is 83.8 Å². The molecule has 14 heavy (non-hydrogen) atoms. The molecule has 80 valence electrons. The van der Waals surface area contributed by atoms with Crippen LogP contribution in [0, 0.1) is 5.92 Å². The summed E-state index contributed by atoms with van der Waals surface area (Å²) in [7, 11) is 3.11. The van der Waals surface area contributed by atoms with Crippen LogP contribution in [-0.2, 0) is 19.0 Å². The summed E-state index contributed by atoms with van der Waals surface area (Å²) in [5, 5.41) is 0. The van der Waals surface area contributed by atoms with Crippen LogP contribution in [-0.4, -0.2) is 32.6 Å². The maximum Gasteiger partial charge on any atom is 0.306 e. The van der Waals surface area contributed by atoms with Crippen LogP contribution < -0.4 is 0 Å². The normalized spacial score (nSPS) is 26.6. The standard InChI is InChI=1S/C10H16O4/c1-4-5-8-7(6-9(11)14-8)10(12-2)13-3/h4,7-8,10H,1,5-6H2,2-3H3/t7-,8+/m0/s1. The van der Waals surface area contributed by atoms with E-state index < -0.39 is 0 Å². The Kier molecular flexibility index (Phi) is 4.10. The SMILES string of the molecule is C=CC[C@H]1OC(=O)C[C@@H]1C(OC)OC. The van der Waals surface area contributed by atoms with Crippen LogP contribution in [0.1, 0.15) is 12.8 Å². The largest absolute Gasteiger partial charge is 0.462 e. The van der Waals surface area contributed by atoms with Gasteiger partial charge in [0.25, 0.3) is 0 Å². The molecule has 4 heteroatoms. The van der Waals surface area contributed by atoms with Gasteiger partial charge in [0.15, 0.2) is 6.29 Å². The van der Waals surface area contributed by atoms with E-state index in [9.17, 15) is 4.79 Å². The van der Waals surface area contributed by atoms with Gasteiger partial charge in [-0.2, -0.15) is 0 Å². The first kappa shape index (κ1) is 11.2. The molecule has 0 unspecified atom stereocenters. The molecule has 0 saturated carbocycles. The number of esters is 1. The fourth-order valence-electron chi connectivity index (χ4n) is 1.73. The highest BCUT2D eigenvalue weighted by molar-refractivity contribution is 5.72. The van der Waals surface area contributed by atoms with Crippen molar-refractivity contribution < 1.29 is 19.0 Å². The molecule has 1 heterocycles. The zero-order valence-corrected chi connectivity index (χ0v) is 8.56. The molecule has 0 spiro atoms. The zero-order valence-electron chi connectivity index (χ0n) is 8.56. The van der Waals surface area contributed by atoms with Crippen molar-refractivity contribution in [2.45, 2.75) is 25.2 Å². The van der Waals surface area contributed by atoms with Gasteiger partial charge in [-0.15, -0.1) is 6.58 Å². The van der Waals surface area contributed by atoms with Crippen LogP contribution in [0.5, 0.6) is 0 Å². The van der Waals surface area contributed by atoms with Crippen LogP contribution in [0.2, 0.25) is 0 Å². The summed E-state index contributed by atoms with van der Waals surface area (Å²) in [6.45, 7) is 3.62. The van der Waals surface area contributed by atoms with Crippen molar-refractivity contribution in [3.8, 4) is 0 Å². The number of methoxy groups -OCH3 is 2. The maximum atomic E-state index is 11.1. The Bertz CT molecular complexity index is 210. The molecule has 1 aliphatic rings. The summed E-state index contributed by atoms with van der Waals surface area (Å²) in [4.78, 5) is 11.1. The Morgan fingerprint density at radius 3 is 2.79 bits per heavy atom. The highest BCUT2D eigenvalue weighted by atomic mass is 16.7. The van der Waals surface area contributed by atoms with Crippen molar-refractivity contribution in [3.05, 3.63) is 12.7 Å². The molecule has 1 aliphatic heterocycles. The second-order valence-corrected chi connectivity index (χ2v) is 3.26. The van der Waals surface area contributed by atoms with E-state index in [4.69, 9.17) is 14.2 Å². The number of ether oxygens (including phenoxy) is 3. The van der Waals surface area contributed by atoms with Gasteiger partial charge >= 0.3 is 5.97 Å². The van der Waals surface area contributed by atoms with Crippen molar-refractivity contribution in [1.29, 1.82) is 0 Å². The minimum Gasteiger partial charge on any atom is -0.462 e. The molecule has 4 nitrogen and oxygen atoms in total. The first-order valence-electron chi connectivity index (χ1n) is 4.59. The van der Waals surface area contributed by atoms with E-state index in [-0.39, 0.29) is 24.3 Å². The van der Waals surface area contributed by atoms with Crippen molar-refractivity contribution in [1.82, 2.24) is 0 Å². The monoisotopic (exact) mass is 200 g/mol. The van der Waals surface area contributed by atoms with E-state index in [0.717, 1.165) is 0 Å². The molecule has 0 radical (unpaired) electrons. The van der Waals surface area contributed by atoms with Crippen molar-refractivity contribution >= 4 is 5.97 Å². The summed E-state index contributed by atoms with van der Waals surface area (Å²) in [5.41, 5.74) is 0. The molecule has 0 bridgehead atoms. The van der Waals surface area contributed by atoms with Crippen LogP contribution in [0.3, 0.4) is 0 Å². The fraction of sp³-hybridized carbons (Fsp3) is 0.700. The van der Waals surface area contributed by atoms with Crippen LogP contribution in [0.4, 0.5) is 0 Å². The smallest absolute Gasteiger partial charge is 0.306 e. The minimum absolute atomic E-state index is 0.0319. The summed E-state index contributed by atoms with van der Waals surface area (Å²) in [6.07, 6.45) is 2.18. The summed E-state index contributed by atoms with van der Waals surface area (Å²) >= 11 is 0. The van der Waals surface area contributed by atoms with Crippen LogP contribution >= 0.6 is 0 Å². The van der Waals surface area contributed by atoms with Gasteiger partial charge in [-0.25, -0.2) is 0 Å². The Morgan fingerprint density at radius 1 is 1.64 bits per heavy atom. The molecular formula is C10H16O4. The first-order chi connectivity index (χ1) is 6.72. The third kappa shape index (κ3) is 2.33. The molecule has 0 aliphatic carbocycles. The van der Waals surface area contributed by atoms with E-state index in [1.807, 2.05) is 0 Å². The predicted octanol–water partition coefficient (Wildman–Crippen LogP) is 1.11. The van der Waals surface area contributed by atoms with Crippen molar-refractivity contribution in [3.63, 3.8) is 0 Å². The van der Waals surface area contributed by atoms with E-state index in [0.29, 0.717) is 12.8 Å². The number of rotatable bonds is 5. The third-order valence-corrected chi connectivity index (χ3v) is 2.38. The van der Waals surface area contributed by atoms with Crippen molar-refractivity contribution in [2.24, 2.45) is 5.92 Å². The second-order valence-electron chi connectivity index (χ2n) is 3.26. The topological polar surface area (TPSA) is 44.8 Å². The van der Waals surface area contributed by atoms with Gasteiger partial charge in [-0.1, -0.05) is 6.08 Å². The lowest BCUT2D eigenvalue weighted by Gasteiger charge is -2.23. The van der Waals surface area contributed by atoms with Crippen LogP contribution in [0.25, 0.3) is 0 Å². The van der Waals surface area contributed by atoms with E-state index in [1.54, 1.807) is 20.3 Å². The second kappa shape index (κ2) is 5.12. The van der Waals surface area contributed by atoms with Gasteiger partial charge in [-0.3, -0.25) is 4.79 Å². The molecule has 2 atom stereocenters. The highest BCUT2D eigenvalue weighted by Gasteiger charge is 2.39. The maximum absolute atomic E-state index is 11.1. The fourth-order valence-corrected chi connectivity index (χ4v) is 1.73. The van der Waals surface area contributed by atoms with E-state index in [2.05, 4.69) is 6.58 Å².